The lowest BCUT2D eigenvalue weighted by Gasteiger charge is -2.34. The molecule has 0 unspecified atom stereocenters. The first-order valence-electron chi connectivity index (χ1n) is 8.75. The Labute approximate surface area is 151 Å². The predicted octanol–water partition coefficient (Wildman–Crippen LogP) is 2.98. The van der Waals surface area contributed by atoms with Crippen LogP contribution < -0.4 is 0 Å². The Kier molecular flexibility index (Phi) is 4.03. The Balaban J connectivity index is 1.49. The van der Waals surface area contributed by atoms with Gasteiger partial charge < -0.3 is 19.2 Å². The van der Waals surface area contributed by atoms with Crippen LogP contribution in [0.15, 0.2) is 41.0 Å². The van der Waals surface area contributed by atoms with Gasteiger partial charge in [0.2, 0.25) is 0 Å². The van der Waals surface area contributed by atoms with Crippen molar-refractivity contribution in [2.75, 3.05) is 26.2 Å². The molecule has 134 valence electrons. The summed E-state index contributed by atoms with van der Waals surface area (Å²) in [6.07, 6.45) is 1.49. The van der Waals surface area contributed by atoms with Crippen LogP contribution in [0, 0.1) is 13.8 Å². The zero-order valence-electron chi connectivity index (χ0n) is 14.9. The zero-order valence-corrected chi connectivity index (χ0v) is 14.9. The van der Waals surface area contributed by atoms with Crippen molar-refractivity contribution in [3.8, 4) is 0 Å². The minimum atomic E-state index is -0.126. The van der Waals surface area contributed by atoms with Gasteiger partial charge in [-0.15, -0.1) is 0 Å². The first-order valence-corrected chi connectivity index (χ1v) is 8.75. The molecule has 0 spiro atoms. The van der Waals surface area contributed by atoms with Crippen molar-refractivity contribution in [2.45, 2.75) is 13.8 Å². The molecule has 0 radical (unpaired) electrons. The van der Waals surface area contributed by atoms with E-state index >= 15 is 0 Å². The number of hydrogen-bond acceptors (Lipinski definition) is 3. The third-order valence-corrected chi connectivity index (χ3v) is 5.01. The Bertz CT molecular complexity index is 964. The van der Waals surface area contributed by atoms with Crippen LogP contribution in [-0.4, -0.2) is 52.8 Å². The molecule has 3 aromatic rings. The highest BCUT2D eigenvalue weighted by Crippen LogP contribution is 2.24. The molecule has 1 aliphatic heterocycles. The number of nitrogens with one attached hydrogen (secondary N) is 1. The quantitative estimate of drug-likeness (QED) is 0.772. The molecule has 0 atom stereocenters. The molecule has 1 N–H and O–H groups in total. The van der Waals surface area contributed by atoms with Crippen LogP contribution >= 0.6 is 0 Å². The average molecular weight is 351 g/mol. The molecule has 1 fully saturated rings. The van der Waals surface area contributed by atoms with Crippen molar-refractivity contribution in [2.24, 2.45) is 0 Å². The molecule has 2 aromatic heterocycles. The van der Waals surface area contributed by atoms with Gasteiger partial charge in [0, 0.05) is 37.1 Å². The highest BCUT2D eigenvalue weighted by atomic mass is 16.3. The average Bonchev–Trinajstić information content (AvgIpc) is 3.30. The van der Waals surface area contributed by atoms with E-state index in [0.717, 1.165) is 16.5 Å². The molecule has 0 bridgehead atoms. The van der Waals surface area contributed by atoms with E-state index in [9.17, 15) is 9.59 Å². The van der Waals surface area contributed by atoms with Crippen LogP contribution in [0.25, 0.3) is 10.9 Å². The van der Waals surface area contributed by atoms with Gasteiger partial charge in [0.15, 0.2) is 5.76 Å². The molecular weight excluding hydrogens is 330 g/mol. The van der Waals surface area contributed by atoms with Crippen molar-refractivity contribution < 1.29 is 14.0 Å². The number of furan rings is 1. The number of aromatic nitrogens is 1. The Hall–Kier alpha value is -3.02. The number of aromatic amines is 1. The number of rotatable bonds is 2. The van der Waals surface area contributed by atoms with Crippen molar-refractivity contribution in [3.63, 3.8) is 0 Å². The predicted molar refractivity (Wildman–Crippen MR) is 98.3 cm³/mol. The Morgan fingerprint density at radius 3 is 2.35 bits per heavy atom. The minimum absolute atomic E-state index is 0.0125. The topological polar surface area (TPSA) is 69.6 Å². The summed E-state index contributed by atoms with van der Waals surface area (Å²) < 4.78 is 5.17. The summed E-state index contributed by atoms with van der Waals surface area (Å²) in [5, 5.41) is 1.08. The second kappa shape index (κ2) is 6.37. The number of nitrogens with zero attached hydrogens (tertiary/aromatic N) is 2. The molecule has 1 saturated heterocycles. The molecule has 6 heteroatoms. The zero-order chi connectivity index (χ0) is 18.3. The maximum atomic E-state index is 13.0. The van der Waals surface area contributed by atoms with Crippen LogP contribution in [0.1, 0.15) is 32.2 Å². The fourth-order valence-electron chi connectivity index (χ4n) is 3.48. The van der Waals surface area contributed by atoms with E-state index in [-0.39, 0.29) is 11.8 Å². The lowest BCUT2D eigenvalue weighted by atomic mass is 10.1. The van der Waals surface area contributed by atoms with Crippen molar-refractivity contribution in [3.05, 3.63) is 59.2 Å². The Morgan fingerprint density at radius 2 is 1.69 bits per heavy atom. The van der Waals surface area contributed by atoms with Crippen molar-refractivity contribution in [1.82, 2.24) is 14.8 Å². The Morgan fingerprint density at radius 1 is 1.00 bits per heavy atom. The lowest BCUT2D eigenvalue weighted by Crippen LogP contribution is -2.50. The number of carbonyl (C=O) groups excluding carboxylic acids is 2. The summed E-state index contributed by atoms with van der Waals surface area (Å²) in [7, 11) is 0. The molecule has 26 heavy (non-hydrogen) atoms. The van der Waals surface area contributed by atoms with Gasteiger partial charge in [0.05, 0.1) is 6.26 Å². The molecular formula is C20H21N3O3. The number of fused-ring (bicyclic) bond motifs is 1. The number of benzene rings is 1. The molecule has 2 amide bonds. The third-order valence-electron chi connectivity index (χ3n) is 5.01. The number of amides is 2. The third kappa shape index (κ3) is 2.77. The molecule has 0 aliphatic carbocycles. The lowest BCUT2D eigenvalue weighted by molar-refractivity contribution is 0.0515. The van der Waals surface area contributed by atoms with Crippen LogP contribution in [0.3, 0.4) is 0 Å². The van der Waals surface area contributed by atoms with E-state index in [4.69, 9.17) is 4.42 Å². The smallest absolute Gasteiger partial charge is 0.289 e. The standard InChI is InChI=1S/C20H21N3O3/c1-13-5-6-16-15(12-13)14(2)18(21-16)20(25)23-9-7-22(8-10-23)19(24)17-4-3-11-26-17/h3-6,11-12,21H,7-10H2,1-2H3. The summed E-state index contributed by atoms with van der Waals surface area (Å²) in [4.78, 5) is 32.1. The van der Waals surface area contributed by atoms with Gasteiger partial charge in [0.25, 0.3) is 11.8 Å². The summed E-state index contributed by atoms with van der Waals surface area (Å²) >= 11 is 0. The maximum Gasteiger partial charge on any atom is 0.289 e. The van der Waals surface area contributed by atoms with Crippen LogP contribution in [0.5, 0.6) is 0 Å². The first kappa shape index (κ1) is 16.4. The molecule has 3 heterocycles. The van der Waals surface area contributed by atoms with Gasteiger partial charge >= 0.3 is 0 Å². The fraction of sp³-hybridized carbons (Fsp3) is 0.300. The molecule has 4 rings (SSSR count). The van der Waals surface area contributed by atoms with Gasteiger partial charge in [0.1, 0.15) is 5.69 Å². The van der Waals surface area contributed by atoms with Crippen LogP contribution in [0.4, 0.5) is 0 Å². The number of carbonyl (C=O) groups is 2. The number of aryl methyl sites for hydroxylation is 2. The number of piperazine rings is 1. The molecule has 6 nitrogen and oxygen atoms in total. The highest BCUT2D eigenvalue weighted by Gasteiger charge is 2.28. The number of H-pyrrole nitrogens is 1. The van der Waals surface area contributed by atoms with Gasteiger partial charge in [-0.3, -0.25) is 9.59 Å². The first-order chi connectivity index (χ1) is 12.5. The normalized spacial score (nSPS) is 14.8. The summed E-state index contributed by atoms with van der Waals surface area (Å²) in [6.45, 7) is 6.05. The van der Waals surface area contributed by atoms with Crippen LogP contribution in [-0.2, 0) is 0 Å². The summed E-state index contributed by atoms with van der Waals surface area (Å²) in [5.74, 6) is 0.201. The van der Waals surface area contributed by atoms with E-state index in [1.165, 1.54) is 11.8 Å². The number of hydrogen-bond donors (Lipinski definition) is 1. The second-order valence-electron chi connectivity index (χ2n) is 6.74. The van der Waals surface area contributed by atoms with Crippen molar-refractivity contribution >= 4 is 22.7 Å². The monoisotopic (exact) mass is 351 g/mol. The molecule has 0 saturated carbocycles. The van der Waals surface area contributed by atoms with Gasteiger partial charge in [-0.1, -0.05) is 11.6 Å². The summed E-state index contributed by atoms with van der Waals surface area (Å²) in [5.41, 5.74) is 3.76. The van der Waals surface area contributed by atoms with E-state index in [1.807, 2.05) is 26.0 Å². The highest BCUT2D eigenvalue weighted by molar-refractivity contribution is 6.01. The van der Waals surface area contributed by atoms with Crippen molar-refractivity contribution in [1.29, 1.82) is 0 Å². The van der Waals surface area contributed by atoms with Gasteiger partial charge in [-0.25, -0.2) is 0 Å². The van der Waals surface area contributed by atoms with E-state index in [1.54, 1.807) is 21.9 Å². The largest absolute Gasteiger partial charge is 0.459 e. The van der Waals surface area contributed by atoms with Gasteiger partial charge in [-0.05, 0) is 43.7 Å². The van der Waals surface area contributed by atoms with Crippen LogP contribution in [0.2, 0.25) is 0 Å². The van der Waals surface area contributed by atoms with E-state index in [2.05, 4.69) is 11.1 Å². The van der Waals surface area contributed by atoms with E-state index in [0.29, 0.717) is 37.6 Å². The minimum Gasteiger partial charge on any atom is -0.459 e. The second-order valence-corrected chi connectivity index (χ2v) is 6.74. The maximum absolute atomic E-state index is 13.0. The fourth-order valence-corrected chi connectivity index (χ4v) is 3.48. The molecule has 1 aromatic carbocycles. The molecule has 1 aliphatic rings. The van der Waals surface area contributed by atoms with Gasteiger partial charge in [-0.2, -0.15) is 0 Å². The summed E-state index contributed by atoms with van der Waals surface area (Å²) in [6, 6.07) is 9.50. The SMILES string of the molecule is Cc1ccc2[nH]c(C(=O)N3CCN(C(=O)c4ccco4)CC3)c(C)c2c1. The van der Waals surface area contributed by atoms with E-state index < -0.39 is 0 Å².